The van der Waals surface area contributed by atoms with E-state index in [1.807, 2.05) is 6.07 Å². The van der Waals surface area contributed by atoms with Gasteiger partial charge in [0.25, 0.3) is 0 Å². The summed E-state index contributed by atoms with van der Waals surface area (Å²) in [5, 5.41) is 0. The highest BCUT2D eigenvalue weighted by atomic mass is 19.4. The van der Waals surface area contributed by atoms with Crippen LogP contribution in [0.3, 0.4) is 0 Å². The normalized spacial score (nSPS) is 20.8. The van der Waals surface area contributed by atoms with Gasteiger partial charge in [0.15, 0.2) is 0 Å². The smallest absolute Gasteiger partial charge is 0.406 e. The number of allylic oxidation sites excluding steroid dienone is 1. The van der Waals surface area contributed by atoms with E-state index in [2.05, 4.69) is 17.7 Å². The van der Waals surface area contributed by atoms with Gasteiger partial charge in [0.1, 0.15) is 11.6 Å². The van der Waals surface area contributed by atoms with Crippen molar-refractivity contribution in [3.05, 3.63) is 58.9 Å². The molecule has 0 N–H and O–H groups in total. The van der Waals surface area contributed by atoms with Gasteiger partial charge in [0, 0.05) is 5.56 Å². The van der Waals surface area contributed by atoms with Crippen molar-refractivity contribution in [2.45, 2.75) is 77.5 Å². The van der Waals surface area contributed by atoms with Gasteiger partial charge in [-0.2, -0.15) is 0 Å². The van der Waals surface area contributed by atoms with Gasteiger partial charge in [0.2, 0.25) is 0 Å². The average molecular weight is 461 g/mol. The third-order valence-corrected chi connectivity index (χ3v) is 7.24. The maximum atomic E-state index is 14.9. The Labute approximate surface area is 193 Å². The van der Waals surface area contributed by atoms with E-state index in [0.29, 0.717) is 11.1 Å². The van der Waals surface area contributed by atoms with Crippen molar-refractivity contribution >= 4 is 6.08 Å². The van der Waals surface area contributed by atoms with Gasteiger partial charge in [-0.05, 0) is 78.5 Å². The highest BCUT2D eigenvalue weighted by Gasteiger charge is 2.31. The molecule has 0 unspecified atom stereocenters. The second-order valence-corrected chi connectivity index (χ2v) is 9.62. The molecule has 4 rings (SSSR count). The molecule has 0 amide bonds. The van der Waals surface area contributed by atoms with E-state index >= 15 is 0 Å². The van der Waals surface area contributed by atoms with E-state index in [1.165, 1.54) is 74.8 Å². The highest BCUT2D eigenvalue weighted by molar-refractivity contribution is 5.70. The first kappa shape index (κ1) is 23.8. The summed E-state index contributed by atoms with van der Waals surface area (Å²) in [5.41, 5.74) is 4.37. The first-order valence-electron chi connectivity index (χ1n) is 12.2. The molecular formula is C28H32F4O. The van der Waals surface area contributed by atoms with Crippen molar-refractivity contribution in [3.8, 4) is 16.9 Å². The van der Waals surface area contributed by atoms with E-state index in [-0.39, 0.29) is 11.6 Å². The molecule has 0 atom stereocenters. The molecule has 0 bridgehead atoms. The molecule has 2 aliphatic carbocycles. The minimum atomic E-state index is -4.74. The summed E-state index contributed by atoms with van der Waals surface area (Å²) in [7, 11) is 0. The first-order chi connectivity index (χ1) is 15.8. The van der Waals surface area contributed by atoms with Crippen LogP contribution in [0.1, 0.15) is 75.8 Å². The lowest BCUT2D eigenvalue weighted by Gasteiger charge is -2.29. The Bertz CT molecular complexity index is 967. The lowest BCUT2D eigenvalue weighted by atomic mass is 9.77. The Hall–Kier alpha value is -2.30. The molecule has 1 fully saturated rings. The van der Waals surface area contributed by atoms with Crippen LogP contribution in [-0.4, -0.2) is 6.36 Å². The predicted octanol–water partition coefficient (Wildman–Crippen LogP) is 9.11. The summed E-state index contributed by atoms with van der Waals surface area (Å²) in [6.45, 7) is 2.27. The molecule has 1 saturated carbocycles. The number of benzene rings is 2. The zero-order valence-electron chi connectivity index (χ0n) is 19.2. The molecule has 2 aliphatic rings. The molecule has 0 saturated heterocycles. The van der Waals surface area contributed by atoms with E-state index in [0.717, 1.165) is 42.2 Å². The maximum absolute atomic E-state index is 14.9. The van der Waals surface area contributed by atoms with Gasteiger partial charge in [-0.25, -0.2) is 4.39 Å². The van der Waals surface area contributed by atoms with Crippen molar-refractivity contribution in [1.29, 1.82) is 0 Å². The first-order valence-corrected chi connectivity index (χ1v) is 12.2. The second kappa shape index (κ2) is 10.3. The van der Waals surface area contributed by atoms with Gasteiger partial charge >= 0.3 is 6.36 Å². The van der Waals surface area contributed by atoms with Gasteiger partial charge < -0.3 is 4.74 Å². The molecule has 0 aliphatic heterocycles. The monoisotopic (exact) mass is 460 g/mol. The third kappa shape index (κ3) is 6.39. The quantitative estimate of drug-likeness (QED) is 0.374. The highest BCUT2D eigenvalue weighted by Crippen LogP contribution is 2.37. The third-order valence-electron chi connectivity index (χ3n) is 7.24. The summed E-state index contributed by atoms with van der Waals surface area (Å²) in [4.78, 5) is 0. The fraction of sp³-hybridized carbons (Fsp3) is 0.500. The van der Waals surface area contributed by atoms with E-state index in [1.54, 1.807) is 6.07 Å². The van der Waals surface area contributed by atoms with E-state index in [4.69, 9.17) is 0 Å². The van der Waals surface area contributed by atoms with Crippen LogP contribution >= 0.6 is 0 Å². The zero-order valence-corrected chi connectivity index (χ0v) is 19.2. The molecule has 5 heteroatoms. The Morgan fingerprint density at radius 3 is 2.21 bits per heavy atom. The fourth-order valence-electron chi connectivity index (χ4n) is 5.43. The molecule has 178 valence electrons. The topological polar surface area (TPSA) is 9.23 Å². The number of aryl methyl sites for hydroxylation is 1. The van der Waals surface area contributed by atoms with Crippen LogP contribution in [-0.2, 0) is 6.42 Å². The van der Waals surface area contributed by atoms with Crippen LogP contribution in [0, 0.1) is 17.7 Å². The van der Waals surface area contributed by atoms with Crippen molar-refractivity contribution in [1.82, 2.24) is 0 Å². The van der Waals surface area contributed by atoms with E-state index < -0.39 is 6.36 Å². The van der Waals surface area contributed by atoms with Crippen LogP contribution in [0.2, 0.25) is 0 Å². The zero-order chi connectivity index (χ0) is 23.4. The van der Waals surface area contributed by atoms with Gasteiger partial charge in [-0.15, -0.1) is 13.2 Å². The minimum absolute atomic E-state index is 0.309. The largest absolute Gasteiger partial charge is 0.573 e. The Morgan fingerprint density at radius 2 is 1.58 bits per heavy atom. The van der Waals surface area contributed by atoms with Crippen LogP contribution in [0.25, 0.3) is 17.2 Å². The number of fused-ring (bicyclic) bond motifs is 1. The lowest BCUT2D eigenvalue weighted by Crippen LogP contribution is -2.16. The lowest BCUT2D eigenvalue weighted by molar-refractivity contribution is -0.274. The number of hydrogen-bond donors (Lipinski definition) is 0. The Kier molecular flexibility index (Phi) is 7.45. The number of alkyl halides is 3. The SMILES string of the molecule is CCCC1CCC(CCC2=Cc3cc(F)c(-c4ccc(OC(F)(F)F)cc4)cc3CC2)CC1. The number of hydrogen-bond acceptors (Lipinski definition) is 1. The summed E-state index contributed by atoms with van der Waals surface area (Å²) in [6, 6.07) is 8.77. The standard InChI is InChI=1S/C28H32F4O/c1-2-3-19-4-6-20(7-5-19)8-9-21-10-11-23-17-26(27(29)18-24(23)16-21)22-12-14-25(15-13-22)33-28(30,31)32/h12-20H,2-11H2,1H3. The summed E-state index contributed by atoms with van der Waals surface area (Å²) in [5.74, 6) is 1.09. The summed E-state index contributed by atoms with van der Waals surface area (Å²) >= 11 is 0. The molecule has 2 aromatic rings. The van der Waals surface area contributed by atoms with Crippen LogP contribution < -0.4 is 4.74 Å². The molecule has 0 heterocycles. The number of ether oxygens (including phenoxy) is 1. The van der Waals surface area contributed by atoms with Crippen molar-refractivity contribution in [2.75, 3.05) is 0 Å². The molecule has 0 aromatic heterocycles. The second-order valence-electron chi connectivity index (χ2n) is 9.62. The molecule has 0 spiro atoms. The molecule has 1 nitrogen and oxygen atoms in total. The van der Waals surface area contributed by atoms with Crippen LogP contribution in [0.4, 0.5) is 17.6 Å². The number of halogens is 4. The fourth-order valence-corrected chi connectivity index (χ4v) is 5.43. The van der Waals surface area contributed by atoms with Gasteiger partial charge in [-0.3, -0.25) is 0 Å². The van der Waals surface area contributed by atoms with Crippen LogP contribution in [0.5, 0.6) is 5.75 Å². The molecule has 2 aromatic carbocycles. The molecular weight excluding hydrogens is 428 g/mol. The minimum Gasteiger partial charge on any atom is -0.406 e. The van der Waals surface area contributed by atoms with Gasteiger partial charge in [-0.1, -0.05) is 69.2 Å². The van der Waals surface area contributed by atoms with Crippen LogP contribution in [0.15, 0.2) is 42.0 Å². The molecule has 33 heavy (non-hydrogen) atoms. The van der Waals surface area contributed by atoms with Gasteiger partial charge in [0.05, 0.1) is 0 Å². The van der Waals surface area contributed by atoms with E-state index in [9.17, 15) is 17.6 Å². The average Bonchev–Trinajstić information content (AvgIpc) is 2.78. The van der Waals surface area contributed by atoms with Crippen molar-refractivity contribution in [2.24, 2.45) is 11.8 Å². The Morgan fingerprint density at radius 1 is 0.909 bits per heavy atom. The summed E-state index contributed by atoms with van der Waals surface area (Å²) < 4.78 is 55.9. The Balaban J connectivity index is 1.39. The maximum Gasteiger partial charge on any atom is 0.573 e. The predicted molar refractivity (Wildman–Crippen MR) is 124 cm³/mol. The molecule has 0 radical (unpaired) electrons. The summed E-state index contributed by atoms with van der Waals surface area (Å²) in [6.07, 6.45) is 9.68. The number of rotatable bonds is 7. The van der Waals surface area contributed by atoms with Crippen molar-refractivity contribution < 1.29 is 22.3 Å². The van der Waals surface area contributed by atoms with Crippen molar-refractivity contribution in [3.63, 3.8) is 0 Å².